The van der Waals surface area contributed by atoms with Gasteiger partial charge in [0.25, 0.3) is 0 Å². The minimum Gasteiger partial charge on any atom is -0.469 e. The molecule has 1 aliphatic rings. The van der Waals surface area contributed by atoms with Gasteiger partial charge >= 0.3 is 5.97 Å². The first-order valence-electron chi connectivity index (χ1n) is 4.79. The Labute approximate surface area is 84.8 Å². The zero-order chi connectivity index (χ0) is 11.1. The number of nitrogens with zero attached hydrogens (tertiary/aromatic N) is 1. The third-order valence-electron chi connectivity index (χ3n) is 3.12. The van der Waals surface area contributed by atoms with Crippen molar-refractivity contribution in [2.24, 2.45) is 5.92 Å². The molecule has 1 heterocycles. The van der Waals surface area contributed by atoms with Gasteiger partial charge in [-0.25, -0.2) is 0 Å². The molecule has 1 aliphatic heterocycles. The summed E-state index contributed by atoms with van der Waals surface area (Å²) in [4.78, 5) is 11.5. The average molecular weight is 200 g/mol. The fraction of sp³-hybridized carbons (Fsp3) is 0.900. The van der Waals surface area contributed by atoms with Gasteiger partial charge in [0.15, 0.2) is 0 Å². The van der Waals surface area contributed by atoms with Gasteiger partial charge in [-0.05, 0) is 34.1 Å². The van der Waals surface area contributed by atoms with Crippen molar-refractivity contribution in [2.45, 2.75) is 45.2 Å². The Morgan fingerprint density at radius 2 is 1.86 bits per heavy atom. The molecular formula is C10H18NO3. The van der Waals surface area contributed by atoms with Crippen molar-refractivity contribution in [3.05, 3.63) is 0 Å². The summed E-state index contributed by atoms with van der Waals surface area (Å²) in [7, 11) is 1.36. The highest BCUT2D eigenvalue weighted by molar-refractivity contribution is 5.74. The van der Waals surface area contributed by atoms with E-state index in [2.05, 4.69) is 0 Å². The number of ether oxygens (including phenoxy) is 1. The number of methoxy groups -OCH3 is 1. The predicted molar refractivity (Wildman–Crippen MR) is 50.8 cm³/mol. The second-order valence-electron chi connectivity index (χ2n) is 5.04. The van der Waals surface area contributed by atoms with Crippen LogP contribution in [0.1, 0.15) is 34.1 Å². The van der Waals surface area contributed by atoms with E-state index in [9.17, 15) is 10.0 Å². The molecule has 0 spiro atoms. The highest BCUT2D eigenvalue weighted by Gasteiger charge is 2.55. The molecule has 81 valence electrons. The lowest BCUT2D eigenvalue weighted by molar-refractivity contribution is -0.248. The first-order valence-corrected chi connectivity index (χ1v) is 4.79. The Hall–Kier alpha value is -0.610. The van der Waals surface area contributed by atoms with Crippen LogP contribution in [0.3, 0.4) is 0 Å². The van der Waals surface area contributed by atoms with Gasteiger partial charge in [-0.15, -0.1) is 10.3 Å². The van der Waals surface area contributed by atoms with Crippen molar-refractivity contribution in [2.75, 3.05) is 7.11 Å². The number of hydrogen-bond donors (Lipinski definition) is 0. The quantitative estimate of drug-likeness (QED) is 0.601. The first-order chi connectivity index (χ1) is 6.23. The smallest absolute Gasteiger partial charge is 0.310 e. The van der Waals surface area contributed by atoms with Crippen molar-refractivity contribution < 1.29 is 14.7 Å². The minimum atomic E-state index is -0.670. The van der Waals surface area contributed by atoms with Crippen LogP contribution < -0.4 is 0 Å². The molecule has 14 heavy (non-hydrogen) atoms. The largest absolute Gasteiger partial charge is 0.469 e. The van der Waals surface area contributed by atoms with Gasteiger partial charge in [0.1, 0.15) is 0 Å². The van der Waals surface area contributed by atoms with Gasteiger partial charge in [-0.2, -0.15) is 0 Å². The van der Waals surface area contributed by atoms with Crippen molar-refractivity contribution in [1.82, 2.24) is 5.06 Å². The monoisotopic (exact) mass is 200 g/mol. The summed E-state index contributed by atoms with van der Waals surface area (Å²) in [6, 6.07) is 0. The maximum atomic E-state index is 11.9. The molecule has 4 heteroatoms. The summed E-state index contributed by atoms with van der Waals surface area (Å²) in [5.41, 5.74) is -1.15. The number of hydrogen-bond acceptors (Lipinski definition) is 3. The molecule has 1 radical (unpaired) electrons. The number of esters is 1. The number of carbonyl (C=O) groups excluding carboxylic acids is 1. The number of hydroxylamine groups is 2. The standard InChI is InChI=1S/C10H18NO3/c1-9(2)6-7(8(12)14-5)10(3,4)11(9)13/h7H,6H2,1-5H3. The second kappa shape index (κ2) is 3.21. The van der Waals surface area contributed by atoms with Crippen LogP contribution in [0.5, 0.6) is 0 Å². The Bertz CT molecular complexity index is 248. The fourth-order valence-corrected chi connectivity index (χ4v) is 2.27. The van der Waals surface area contributed by atoms with Crippen LogP contribution in [0.25, 0.3) is 0 Å². The normalized spacial score (nSPS) is 30.3. The summed E-state index contributed by atoms with van der Waals surface area (Å²) >= 11 is 0. The van der Waals surface area contributed by atoms with E-state index < -0.39 is 11.1 Å². The highest BCUT2D eigenvalue weighted by Crippen LogP contribution is 2.44. The lowest BCUT2D eigenvalue weighted by Crippen LogP contribution is -2.47. The van der Waals surface area contributed by atoms with Gasteiger partial charge in [0.05, 0.1) is 18.6 Å². The lowest BCUT2D eigenvalue weighted by Gasteiger charge is -2.32. The van der Waals surface area contributed by atoms with Crippen LogP contribution in [-0.4, -0.2) is 29.2 Å². The molecule has 0 aromatic heterocycles. The molecule has 0 bridgehead atoms. The van der Waals surface area contributed by atoms with Gasteiger partial charge in [-0.1, -0.05) is 0 Å². The van der Waals surface area contributed by atoms with E-state index in [1.54, 1.807) is 13.8 Å². The SMILES string of the molecule is COC(=O)C1CC(C)(C)N([O])C1(C)C. The van der Waals surface area contributed by atoms with Crippen LogP contribution in [-0.2, 0) is 14.7 Å². The predicted octanol–water partition coefficient (Wildman–Crippen LogP) is 1.38. The van der Waals surface area contributed by atoms with Crippen molar-refractivity contribution >= 4 is 5.97 Å². The van der Waals surface area contributed by atoms with E-state index >= 15 is 0 Å². The zero-order valence-electron chi connectivity index (χ0n) is 9.46. The molecule has 0 aromatic carbocycles. The third kappa shape index (κ3) is 1.53. The summed E-state index contributed by atoms with van der Waals surface area (Å²) in [5.74, 6) is -0.624. The van der Waals surface area contributed by atoms with E-state index in [1.165, 1.54) is 7.11 Å². The third-order valence-corrected chi connectivity index (χ3v) is 3.12. The Morgan fingerprint density at radius 3 is 2.14 bits per heavy atom. The topological polar surface area (TPSA) is 49.4 Å². The van der Waals surface area contributed by atoms with Gasteiger partial charge < -0.3 is 4.74 Å². The molecule has 0 amide bonds. The summed E-state index contributed by atoms with van der Waals surface area (Å²) in [6.45, 7) is 7.28. The van der Waals surface area contributed by atoms with Crippen molar-refractivity contribution in [3.8, 4) is 0 Å². The second-order valence-corrected chi connectivity index (χ2v) is 5.04. The highest BCUT2D eigenvalue weighted by atomic mass is 16.5. The van der Waals surface area contributed by atoms with Gasteiger partial charge in [0, 0.05) is 5.54 Å². The summed E-state index contributed by atoms with van der Waals surface area (Å²) in [5, 5.41) is 12.9. The maximum absolute atomic E-state index is 11.9. The number of rotatable bonds is 1. The van der Waals surface area contributed by atoms with Crippen LogP contribution in [0, 0.1) is 5.92 Å². The van der Waals surface area contributed by atoms with E-state index in [0.29, 0.717) is 6.42 Å². The molecular weight excluding hydrogens is 182 g/mol. The van der Waals surface area contributed by atoms with E-state index in [1.807, 2.05) is 13.8 Å². The molecule has 0 saturated carbocycles. The number of carbonyl (C=O) groups is 1. The molecule has 1 saturated heterocycles. The maximum Gasteiger partial charge on any atom is 0.310 e. The van der Waals surface area contributed by atoms with Crippen molar-refractivity contribution in [1.29, 1.82) is 0 Å². The summed E-state index contributed by atoms with van der Waals surface area (Å²) < 4.78 is 4.71. The zero-order valence-corrected chi connectivity index (χ0v) is 9.46. The molecule has 0 N–H and O–H groups in total. The Kier molecular flexibility index (Phi) is 2.63. The van der Waals surface area contributed by atoms with Crippen molar-refractivity contribution in [3.63, 3.8) is 0 Å². The van der Waals surface area contributed by atoms with Crippen LogP contribution in [0.4, 0.5) is 0 Å². The van der Waals surface area contributed by atoms with Gasteiger partial charge in [0.2, 0.25) is 0 Å². The molecule has 1 rings (SSSR count). The van der Waals surface area contributed by atoms with Crippen LogP contribution in [0.15, 0.2) is 0 Å². The van der Waals surface area contributed by atoms with Crippen LogP contribution >= 0.6 is 0 Å². The molecule has 0 aliphatic carbocycles. The first kappa shape index (κ1) is 11.5. The average Bonchev–Trinajstić information content (AvgIpc) is 2.25. The molecule has 1 fully saturated rings. The van der Waals surface area contributed by atoms with E-state index in [4.69, 9.17) is 4.74 Å². The van der Waals surface area contributed by atoms with Gasteiger partial charge in [-0.3, -0.25) is 4.79 Å². The van der Waals surface area contributed by atoms with Crippen LogP contribution in [0.2, 0.25) is 0 Å². The molecule has 4 nitrogen and oxygen atoms in total. The minimum absolute atomic E-state index is 0.290. The Balaban J connectivity index is 2.97. The molecule has 1 atom stereocenters. The Morgan fingerprint density at radius 1 is 1.36 bits per heavy atom. The molecule has 1 unspecified atom stereocenters. The summed E-state index contributed by atoms with van der Waals surface area (Å²) in [6.07, 6.45) is 0.552. The van der Waals surface area contributed by atoms with E-state index in [0.717, 1.165) is 5.06 Å². The van der Waals surface area contributed by atoms with E-state index in [-0.39, 0.29) is 11.9 Å². The molecule has 0 aromatic rings. The fourth-order valence-electron chi connectivity index (χ4n) is 2.27. The lowest BCUT2D eigenvalue weighted by atomic mass is 9.87.